The van der Waals surface area contributed by atoms with Crippen LogP contribution in [0.15, 0.2) is 17.1 Å². The minimum Gasteiger partial charge on any atom is -0.356 e. The first-order valence-corrected chi connectivity index (χ1v) is 7.69. The molecular formula is C13H21ClIN3S. The van der Waals surface area contributed by atoms with E-state index in [4.69, 9.17) is 11.6 Å². The molecule has 2 rings (SSSR count). The lowest BCUT2D eigenvalue weighted by Crippen LogP contribution is -2.42. The number of rotatable bonds is 4. The van der Waals surface area contributed by atoms with Crippen LogP contribution in [-0.4, -0.2) is 25.6 Å². The van der Waals surface area contributed by atoms with Crippen LogP contribution < -0.4 is 10.6 Å². The van der Waals surface area contributed by atoms with Crippen molar-refractivity contribution >= 4 is 52.9 Å². The van der Waals surface area contributed by atoms with Crippen LogP contribution in [0.2, 0.25) is 4.34 Å². The van der Waals surface area contributed by atoms with Gasteiger partial charge in [0.2, 0.25) is 0 Å². The van der Waals surface area contributed by atoms with Crippen molar-refractivity contribution in [2.75, 3.05) is 13.6 Å². The lowest BCUT2D eigenvalue weighted by atomic mass is 10.2. The normalized spacial score (nSPS) is 16.2. The van der Waals surface area contributed by atoms with Gasteiger partial charge in [-0.25, -0.2) is 0 Å². The van der Waals surface area contributed by atoms with Crippen molar-refractivity contribution in [1.82, 2.24) is 10.6 Å². The first kappa shape index (κ1) is 17.0. The summed E-state index contributed by atoms with van der Waals surface area (Å²) in [6.07, 6.45) is 6.19. The van der Waals surface area contributed by atoms with Gasteiger partial charge in [-0.1, -0.05) is 24.4 Å². The summed E-state index contributed by atoms with van der Waals surface area (Å²) in [6, 6.07) is 4.64. The lowest BCUT2D eigenvalue weighted by Gasteiger charge is -2.16. The molecule has 0 aromatic carbocycles. The van der Waals surface area contributed by atoms with Crippen LogP contribution >= 0.6 is 46.9 Å². The average molecular weight is 414 g/mol. The molecule has 6 heteroatoms. The molecule has 0 unspecified atom stereocenters. The minimum absolute atomic E-state index is 0. The second-order valence-electron chi connectivity index (χ2n) is 4.58. The van der Waals surface area contributed by atoms with Crippen molar-refractivity contribution in [1.29, 1.82) is 0 Å². The zero-order valence-electron chi connectivity index (χ0n) is 11.1. The molecule has 1 saturated carbocycles. The van der Waals surface area contributed by atoms with E-state index >= 15 is 0 Å². The first-order valence-electron chi connectivity index (χ1n) is 6.49. The summed E-state index contributed by atoms with van der Waals surface area (Å²) >= 11 is 7.55. The van der Waals surface area contributed by atoms with Crippen molar-refractivity contribution < 1.29 is 0 Å². The molecule has 19 heavy (non-hydrogen) atoms. The Kier molecular flexibility index (Phi) is 8.09. The maximum Gasteiger partial charge on any atom is 0.191 e. The summed E-state index contributed by atoms with van der Waals surface area (Å²) in [6.45, 7) is 0.892. The number of hydrogen-bond donors (Lipinski definition) is 2. The van der Waals surface area contributed by atoms with Gasteiger partial charge in [0.1, 0.15) is 0 Å². The van der Waals surface area contributed by atoms with E-state index in [0.717, 1.165) is 23.3 Å². The fourth-order valence-electron chi connectivity index (χ4n) is 2.25. The Morgan fingerprint density at radius 3 is 2.74 bits per heavy atom. The summed E-state index contributed by atoms with van der Waals surface area (Å²) in [5.74, 6) is 0.921. The quantitative estimate of drug-likeness (QED) is 0.449. The zero-order valence-corrected chi connectivity index (χ0v) is 15.0. The SMILES string of the molecule is CN=C(NCCc1ccc(Cl)s1)NC1CCCC1.I. The molecule has 0 aliphatic heterocycles. The van der Waals surface area contributed by atoms with Gasteiger partial charge >= 0.3 is 0 Å². The molecule has 1 aliphatic rings. The molecule has 0 bridgehead atoms. The van der Waals surface area contributed by atoms with Crippen molar-refractivity contribution in [2.24, 2.45) is 4.99 Å². The molecule has 1 heterocycles. The third-order valence-electron chi connectivity index (χ3n) is 3.21. The Hall–Kier alpha value is -0.0100. The van der Waals surface area contributed by atoms with Crippen molar-refractivity contribution in [2.45, 2.75) is 38.1 Å². The fraction of sp³-hybridized carbons (Fsp3) is 0.615. The molecule has 0 spiro atoms. The summed E-state index contributed by atoms with van der Waals surface area (Å²) in [5.41, 5.74) is 0. The Bertz CT molecular complexity index is 402. The molecule has 108 valence electrons. The van der Waals surface area contributed by atoms with Crippen molar-refractivity contribution in [3.8, 4) is 0 Å². The summed E-state index contributed by atoms with van der Waals surface area (Å²) in [7, 11) is 1.83. The summed E-state index contributed by atoms with van der Waals surface area (Å²) in [4.78, 5) is 5.57. The number of thiophene rings is 1. The van der Waals surface area contributed by atoms with E-state index in [2.05, 4.69) is 21.7 Å². The Morgan fingerprint density at radius 1 is 1.42 bits per heavy atom. The van der Waals surface area contributed by atoms with E-state index in [0.29, 0.717) is 6.04 Å². The Morgan fingerprint density at radius 2 is 2.16 bits per heavy atom. The van der Waals surface area contributed by atoms with E-state index in [-0.39, 0.29) is 24.0 Å². The summed E-state index contributed by atoms with van der Waals surface area (Å²) in [5, 5.41) is 6.83. The molecule has 0 amide bonds. The second-order valence-corrected chi connectivity index (χ2v) is 6.38. The number of guanidine groups is 1. The molecule has 0 saturated heterocycles. The topological polar surface area (TPSA) is 36.4 Å². The molecule has 1 aliphatic carbocycles. The van der Waals surface area contributed by atoms with Crippen molar-refractivity contribution in [3.63, 3.8) is 0 Å². The molecule has 1 fully saturated rings. The van der Waals surface area contributed by atoms with E-state index < -0.39 is 0 Å². The molecule has 1 aromatic heterocycles. The van der Waals surface area contributed by atoms with Gasteiger partial charge in [0.05, 0.1) is 4.34 Å². The van der Waals surface area contributed by atoms with Gasteiger partial charge in [0.15, 0.2) is 5.96 Å². The number of nitrogens with one attached hydrogen (secondary N) is 2. The largest absolute Gasteiger partial charge is 0.356 e. The highest BCUT2D eigenvalue weighted by molar-refractivity contribution is 14.0. The van der Waals surface area contributed by atoms with Gasteiger partial charge in [-0.3, -0.25) is 4.99 Å². The third-order valence-corrected chi connectivity index (χ3v) is 4.50. The predicted octanol–water partition coefficient (Wildman–Crippen LogP) is 3.67. The molecule has 0 radical (unpaired) electrons. The van der Waals surface area contributed by atoms with E-state index in [1.165, 1.54) is 30.6 Å². The van der Waals surface area contributed by atoms with Crippen LogP contribution in [0.25, 0.3) is 0 Å². The van der Waals surface area contributed by atoms with Gasteiger partial charge in [-0.05, 0) is 31.4 Å². The number of aliphatic imine (C=N–C) groups is 1. The molecular weight excluding hydrogens is 393 g/mol. The number of halogens is 2. The Balaban J connectivity index is 0.00000180. The number of nitrogens with zero attached hydrogens (tertiary/aromatic N) is 1. The lowest BCUT2D eigenvalue weighted by molar-refractivity contribution is 0.614. The van der Waals surface area contributed by atoms with Crippen LogP contribution in [0, 0.1) is 0 Å². The second kappa shape index (κ2) is 9.02. The highest BCUT2D eigenvalue weighted by Crippen LogP contribution is 2.21. The highest BCUT2D eigenvalue weighted by atomic mass is 127. The standard InChI is InChI=1S/C13H20ClN3S.HI/c1-15-13(17-10-4-2-3-5-10)16-9-8-11-6-7-12(14)18-11;/h6-7,10H,2-5,8-9H2,1H3,(H2,15,16,17);1H. The van der Waals surface area contributed by atoms with E-state index in [9.17, 15) is 0 Å². The molecule has 1 aromatic rings. The van der Waals surface area contributed by atoms with E-state index in [1.807, 2.05) is 13.1 Å². The predicted molar refractivity (Wildman–Crippen MR) is 95.2 cm³/mol. The third kappa shape index (κ3) is 5.87. The molecule has 0 atom stereocenters. The minimum atomic E-state index is 0. The van der Waals surface area contributed by atoms with Gasteiger partial charge in [-0.15, -0.1) is 35.3 Å². The number of hydrogen-bond acceptors (Lipinski definition) is 2. The van der Waals surface area contributed by atoms with Gasteiger partial charge in [0, 0.05) is 24.5 Å². The maximum absolute atomic E-state index is 5.90. The highest BCUT2D eigenvalue weighted by Gasteiger charge is 2.15. The first-order chi connectivity index (χ1) is 8.78. The smallest absolute Gasteiger partial charge is 0.191 e. The van der Waals surface area contributed by atoms with Crippen LogP contribution in [0.4, 0.5) is 0 Å². The van der Waals surface area contributed by atoms with Crippen LogP contribution in [0.1, 0.15) is 30.6 Å². The van der Waals surface area contributed by atoms with Crippen LogP contribution in [-0.2, 0) is 6.42 Å². The van der Waals surface area contributed by atoms with Crippen LogP contribution in [0.5, 0.6) is 0 Å². The zero-order chi connectivity index (χ0) is 12.8. The maximum atomic E-state index is 5.90. The van der Waals surface area contributed by atoms with E-state index in [1.54, 1.807) is 11.3 Å². The van der Waals surface area contributed by atoms with Gasteiger partial charge in [0.25, 0.3) is 0 Å². The van der Waals surface area contributed by atoms with Gasteiger partial charge in [-0.2, -0.15) is 0 Å². The van der Waals surface area contributed by atoms with Gasteiger partial charge < -0.3 is 10.6 Å². The summed E-state index contributed by atoms with van der Waals surface area (Å²) < 4.78 is 0.860. The van der Waals surface area contributed by atoms with Crippen molar-refractivity contribution in [3.05, 3.63) is 21.3 Å². The monoisotopic (exact) mass is 413 g/mol. The fourth-order valence-corrected chi connectivity index (χ4v) is 3.34. The average Bonchev–Trinajstić information content (AvgIpc) is 3.00. The molecule has 2 N–H and O–H groups in total. The molecule has 3 nitrogen and oxygen atoms in total. The van der Waals surface area contributed by atoms with Crippen LogP contribution in [0.3, 0.4) is 0 Å². The Labute approximate surface area is 141 Å².